The van der Waals surface area contributed by atoms with Crippen molar-refractivity contribution in [2.75, 3.05) is 11.5 Å². The van der Waals surface area contributed by atoms with Gasteiger partial charge >= 0.3 is 0 Å². The highest BCUT2D eigenvalue weighted by Crippen LogP contribution is 2.34. The molecule has 0 aliphatic carbocycles. The van der Waals surface area contributed by atoms with E-state index >= 15 is 0 Å². The average Bonchev–Trinajstić information content (AvgIpc) is 1.96. The van der Waals surface area contributed by atoms with Crippen LogP contribution in [-0.4, -0.2) is 11.5 Å². The van der Waals surface area contributed by atoms with Crippen molar-refractivity contribution in [3.63, 3.8) is 0 Å². The molecule has 0 saturated carbocycles. The van der Waals surface area contributed by atoms with Gasteiger partial charge in [-0.15, -0.1) is 0 Å². The fraction of sp³-hybridized carbons (Fsp3) is 1.00. The van der Waals surface area contributed by atoms with Crippen molar-refractivity contribution in [1.29, 1.82) is 0 Å². The molecule has 0 heterocycles. The maximum absolute atomic E-state index is 2.41. The van der Waals surface area contributed by atoms with E-state index < -0.39 is 0 Å². The third-order valence-electron chi connectivity index (χ3n) is 2.91. The number of thioether (sulfide) groups is 1. The van der Waals surface area contributed by atoms with E-state index in [1.54, 1.807) is 0 Å². The molecular formula is C16H34S. The summed E-state index contributed by atoms with van der Waals surface area (Å²) in [5.41, 5.74) is 0.986. The molecule has 0 bridgehead atoms. The molecule has 0 aliphatic rings. The Balaban J connectivity index is 3.97. The van der Waals surface area contributed by atoms with Gasteiger partial charge in [-0.1, -0.05) is 55.4 Å². The molecule has 0 rings (SSSR count). The summed E-state index contributed by atoms with van der Waals surface area (Å²) in [5.74, 6) is 4.22. The van der Waals surface area contributed by atoms with E-state index in [-0.39, 0.29) is 0 Å². The zero-order chi connectivity index (χ0) is 13.7. The molecule has 104 valence electrons. The predicted octanol–water partition coefficient (Wildman–Crippen LogP) is 5.86. The molecule has 0 radical (unpaired) electrons. The van der Waals surface area contributed by atoms with Crippen molar-refractivity contribution in [2.24, 2.45) is 22.7 Å². The molecule has 0 saturated heterocycles. The van der Waals surface area contributed by atoms with E-state index in [0.29, 0.717) is 10.8 Å². The summed E-state index contributed by atoms with van der Waals surface area (Å²) in [6, 6.07) is 0. The fourth-order valence-corrected chi connectivity index (χ4v) is 4.37. The fourth-order valence-electron chi connectivity index (χ4n) is 2.93. The number of hydrogen-bond donors (Lipinski definition) is 0. The Bertz CT molecular complexity index is 180. The summed E-state index contributed by atoms with van der Waals surface area (Å²) in [5, 5.41) is 0. The van der Waals surface area contributed by atoms with Crippen LogP contribution in [0.1, 0.15) is 68.2 Å². The number of rotatable bonds is 8. The lowest BCUT2D eigenvalue weighted by atomic mass is 9.86. The van der Waals surface area contributed by atoms with Gasteiger partial charge in [0.05, 0.1) is 0 Å². The summed E-state index contributed by atoms with van der Waals surface area (Å²) in [6.07, 6.45) is 2.68. The van der Waals surface area contributed by atoms with Gasteiger partial charge in [-0.05, 0) is 47.0 Å². The van der Waals surface area contributed by atoms with Gasteiger partial charge in [0.25, 0.3) is 0 Å². The van der Waals surface area contributed by atoms with Crippen LogP contribution in [0.3, 0.4) is 0 Å². The first-order chi connectivity index (χ1) is 7.54. The molecule has 17 heavy (non-hydrogen) atoms. The summed E-state index contributed by atoms with van der Waals surface area (Å²) in [4.78, 5) is 0. The molecule has 0 unspecified atom stereocenters. The van der Waals surface area contributed by atoms with E-state index in [1.165, 1.54) is 24.3 Å². The van der Waals surface area contributed by atoms with E-state index in [4.69, 9.17) is 0 Å². The number of hydrogen-bond acceptors (Lipinski definition) is 1. The van der Waals surface area contributed by atoms with E-state index in [1.807, 2.05) is 0 Å². The molecule has 0 N–H and O–H groups in total. The quantitative estimate of drug-likeness (QED) is 0.525. The lowest BCUT2D eigenvalue weighted by Gasteiger charge is -2.30. The van der Waals surface area contributed by atoms with Crippen LogP contribution in [0.5, 0.6) is 0 Å². The highest BCUT2D eigenvalue weighted by atomic mass is 32.2. The molecule has 0 aromatic rings. The SMILES string of the molecule is CC(C)CC(C)(C)CSCC(C)(C)CC(C)C. The maximum Gasteiger partial charge on any atom is -0.00158 e. The van der Waals surface area contributed by atoms with Crippen LogP contribution in [0.2, 0.25) is 0 Å². The molecule has 0 nitrogen and oxygen atoms in total. The van der Waals surface area contributed by atoms with E-state index in [9.17, 15) is 0 Å². The Morgan fingerprint density at radius 2 is 1.00 bits per heavy atom. The van der Waals surface area contributed by atoms with E-state index in [0.717, 1.165) is 11.8 Å². The summed E-state index contributed by atoms with van der Waals surface area (Å²) >= 11 is 2.15. The lowest BCUT2D eigenvalue weighted by molar-refractivity contribution is 0.319. The first kappa shape index (κ1) is 17.4. The zero-order valence-corrected chi connectivity index (χ0v) is 14.2. The van der Waals surface area contributed by atoms with Crippen LogP contribution < -0.4 is 0 Å². The van der Waals surface area contributed by atoms with E-state index in [2.05, 4.69) is 67.2 Å². The topological polar surface area (TPSA) is 0 Å². The second kappa shape index (κ2) is 7.07. The van der Waals surface area contributed by atoms with Gasteiger partial charge in [-0.3, -0.25) is 0 Å². The van der Waals surface area contributed by atoms with Crippen molar-refractivity contribution in [2.45, 2.75) is 68.2 Å². The van der Waals surface area contributed by atoms with Crippen molar-refractivity contribution in [3.05, 3.63) is 0 Å². The Hall–Kier alpha value is 0.350. The Kier molecular flexibility index (Phi) is 7.21. The average molecular weight is 259 g/mol. The van der Waals surface area contributed by atoms with Gasteiger partial charge < -0.3 is 0 Å². The second-order valence-electron chi connectivity index (χ2n) is 8.02. The zero-order valence-electron chi connectivity index (χ0n) is 13.4. The highest BCUT2D eigenvalue weighted by Gasteiger charge is 2.23. The Morgan fingerprint density at radius 1 is 0.706 bits per heavy atom. The van der Waals surface area contributed by atoms with Gasteiger partial charge in [-0.25, -0.2) is 0 Å². The monoisotopic (exact) mass is 258 g/mol. The van der Waals surface area contributed by atoms with Gasteiger partial charge in [0.2, 0.25) is 0 Å². The van der Waals surface area contributed by atoms with Crippen molar-refractivity contribution >= 4 is 11.8 Å². The third-order valence-corrected chi connectivity index (χ3v) is 4.88. The molecule has 0 fully saturated rings. The van der Waals surface area contributed by atoms with Crippen molar-refractivity contribution < 1.29 is 0 Å². The summed E-state index contributed by atoms with van der Waals surface area (Å²) in [7, 11) is 0. The molecule has 0 aliphatic heterocycles. The minimum Gasteiger partial charge on any atom is -0.161 e. The smallest absolute Gasteiger partial charge is 0.00158 e. The minimum absolute atomic E-state index is 0.493. The minimum atomic E-state index is 0.493. The van der Waals surface area contributed by atoms with Gasteiger partial charge in [0.15, 0.2) is 0 Å². The Morgan fingerprint density at radius 3 is 1.24 bits per heavy atom. The molecule has 0 spiro atoms. The standard InChI is InChI=1S/C16H34S/c1-13(2)9-15(5,6)11-17-12-16(7,8)10-14(3)4/h13-14H,9-12H2,1-8H3. The third kappa shape index (κ3) is 10.00. The largest absolute Gasteiger partial charge is 0.161 e. The maximum atomic E-state index is 2.41. The van der Waals surface area contributed by atoms with Crippen LogP contribution in [0.15, 0.2) is 0 Å². The second-order valence-corrected chi connectivity index (χ2v) is 9.00. The normalized spacial score (nSPS) is 13.8. The van der Waals surface area contributed by atoms with Crippen LogP contribution in [0.4, 0.5) is 0 Å². The van der Waals surface area contributed by atoms with Gasteiger partial charge in [0.1, 0.15) is 0 Å². The van der Waals surface area contributed by atoms with Gasteiger partial charge in [-0.2, -0.15) is 11.8 Å². The molecule has 1 heteroatoms. The van der Waals surface area contributed by atoms with Crippen LogP contribution >= 0.6 is 11.8 Å². The van der Waals surface area contributed by atoms with Crippen LogP contribution in [-0.2, 0) is 0 Å². The molecule has 0 aromatic heterocycles. The van der Waals surface area contributed by atoms with Gasteiger partial charge in [0, 0.05) is 0 Å². The summed E-state index contributed by atoms with van der Waals surface area (Å²) < 4.78 is 0. The first-order valence-corrected chi connectivity index (χ1v) is 8.27. The predicted molar refractivity (Wildman–Crippen MR) is 83.8 cm³/mol. The van der Waals surface area contributed by atoms with Crippen LogP contribution in [0.25, 0.3) is 0 Å². The summed E-state index contributed by atoms with van der Waals surface area (Å²) in [6.45, 7) is 19.0. The van der Waals surface area contributed by atoms with Crippen molar-refractivity contribution in [1.82, 2.24) is 0 Å². The molecular weight excluding hydrogens is 224 g/mol. The van der Waals surface area contributed by atoms with Crippen LogP contribution in [0, 0.1) is 22.7 Å². The van der Waals surface area contributed by atoms with Crippen molar-refractivity contribution in [3.8, 4) is 0 Å². The highest BCUT2D eigenvalue weighted by molar-refractivity contribution is 7.99. The first-order valence-electron chi connectivity index (χ1n) is 7.12. The Labute approximate surface area is 114 Å². The molecule has 0 amide bonds. The molecule has 0 atom stereocenters. The molecule has 0 aromatic carbocycles. The lowest BCUT2D eigenvalue weighted by Crippen LogP contribution is -2.22.